The van der Waals surface area contributed by atoms with Crippen LogP contribution in [0.4, 0.5) is 0 Å². The molecular formula is C6H13I. The quantitative estimate of drug-likeness (QED) is 0.498. The summed E-state index contributed by atoms with van der Waals surface area (Å²) in [5.41, 5.74) is 0. The van der Waals surface area contributed by atoms with Crippen LogP contribution in [-0.2, 0) is 0 Å². The van der Waals surface area contributed by atoms with Crippen LogP contribution in [0.2, 0.25) is 0 Å². The molecule has 0 heterocycles. The highest BCUT2D eigenvalue weighted by atomic mass is 127. The first-order chi connectivity index (χ1) is 3.31. The lowest BCUT2D eigenvalue weighted by Crippen LogP contribution is -1.92. The molecule has 0 saturated heterocycles. The second-order valence-corrected chi connectivity index (χ2v) is 2.93. The Labute approximate surface area is 59.8 Å². The Kier molecular flexibility index (Phi) is 5.39. The van der Waals surface area contributed by atoms with Gasteiger partial charge in [0.05, 0.1) is 0 Å². The maximum absolute atomic E-state index is 2.44. The van der Waals surface area contributed by atoms with Crippen LogP contribution in [-0.4, -0.2) is 4.43 Å². The van der Waals surface area contributed by atoms with Gasteiger partial charge in [0, 0.05) is 4.43 Å². The molecule has 7 heavy (non-hydrogen) atoms. The summed E-state index contributed by atoms with van der Waals surface area (Å²) in [4.78, 5) is 0. The predicted molar refractivity (Wildman–Crippen MR) is 43.0 cm³/mol. The monoisotopic (exact) mass is 212 g/mol. The van der Waals surface area contributed by atoms with Gasteiger partial charge in [-0.1, -0.05) is 49.3 Å². The molecule has 1 heteroatoms. The third-order valence-electron chi connectivity index (χ3n) is 1.04. The number of hydrogen-bond donors (Lipinski definition) is 0. The smallest absolute Gasteiger partial charge is 0.00210 e. The van der Waals surface area contributed by atoms with Gasteiger partial charge in [0.25, 0.3) is 0 Å². The molecule has 0 fully saturated rings. The van der Waals surface area contributed by atoms with Crippen LogP contribution in [0.1, 0.15) is 26.7 Å². The maximum atomic E-state index is 2.44. The minimum absolute atomic E-state index is 0.936. The van der Waals surface area contributed by atoms with Crippen LogP contribution in [0.3, 0.4) is 0 Å². The van der Waals surface area contributed by atoms with Gasteiger partial charge in [-0.3, -0.25) is 0 Å². The number of alkyl halides is 1. The Hall–Kier alpha value is 0.730. The summed E-state index contributed by atoms with van der Waals surface area (Å²) in [5.74, 6) is 0.936. The number of rotatable bonds is 3. The van der Waals surface area contributed by atoms with E-state index in [1.54, 1.807) is 0 Å². The molecule has 1 unspecified atom stereocenters. The van der Waals surface area contributed by atoms with Crippen molar-refractivity contribution in [3.63, 3.8) is 0 Å². The largest absolute Gasteiger partial charge is 0.0861 e. The second-order valence-electron chi connectivity index (χ2n) is 2.05. The molecule has 0 radical (unpaired) electrons. The molecule has 0 aliphatic heterocycles. The van der Waals surface area contributed by atoms with E-state index < -0.39 is 0 Å². The average molecular weight is 212 g/mol. The summed E-state index contributed by atoms with van der Waals surface area (Å²) < 4.78 is 1.31. The maximum Gasteiger partial charge on any atom is 0.00210 e. The van der Waals surface area contributed by atoms with E-state index in [9.17, 15) is 0 Å². The van der Waals surface area contributed by atoms with Gasteiger partial charge in [-0.15, -0.1) is 0 Å². The van der Waals surface area contributed by atoms with E-state index in [0.29, 0.717) is 0 Å². The van der Waals surface area contributed by atoms with Crippen molar-refractivity contribution < 1.29 is 0 Å². The van der Waals surface area contributed by atoms with Gasteiger partial charge in [0.15, 0.2) is 0 Å². The molecule has 0 saturated carbocycles. The van der Waals surface area contributed by atoms with Crippen LogP contribution in [0.15, 0.2) is 0 Å². The zero-order valence-corrected chi connectivity index (χ0v) is 7.23. The van der Waals surface area contributed by atoms with E-state index in [2.05, 4.69) is 36.4 Å². The lowest BCUT2D eigenvalue weighted by atomic mass is 10.1. The highest BCUT2D eigenvalue weighted by Crippen LogP contribution is 2.06. The predicted octanol–water partition coefficient (Wildman–Crippen LogP) is 2.86. The van der Waals surface area contributed by atoms with Crippen molar-refractivity contribution >= 4 is 22.6 Å². The average Bonchev–Trinajstić information content (AvgIpc) is 1.68. The van der Waals surface area contributed by atoms with E-state index in [4.69, 9.17) is 0 Å². The third-order valence-corrected chi connectivity index (χ3v) is 2.55. The number of halogens is 1. The fraction of sp³-hybridized carbons (Fsp3) is 1.00. The minimum atomic E-state index is 0.936. The molecule has 0 bridgehead atoms. The zero-order chi connectivity index (χ0) is 5.70. The SMILES string of the molecule is CCCC(C)CI. The first kappa shape index (κ1) is 7.73. The summed E-state index contributed by atoms with van der Waals surface area (Å²) in [7, 11) is 0. The molecule has 0 spiro atoms. The van der Waals surface area contributed by atoms with Crippen LogP contribution in [0, 0.1) is 5.92 Å². The van der Waals surface area contributed by atoms with Crippen molar-refractivity contribution in [1.82, 2.24) is 0 Å². The van der Waals surface area contributed by atoms with Crippen LogP contribution >= 0.6 is 22.6 Å². The van der Waals surface area contributed by atoms with Gasteiger partial charge in [-0.25, -0.2) is 0 Å². The highest BCUT2D eigenvalue weighted by Gasteiger charge is 1.93. The Morgan fingerprint density at radius 3 is 2.29 bits per heavy atom. The first-order valence-corrected chi connectivity index (χ1v) is 4.39. The van der Waals surface area contributed by atoms with Gasteiger partial charge < -0.3 is 0 Å². The molecular weight excluding hydrogens is 199 g/mol. The van der Waals surface area contributed by atoms with E-state index in [1.807, 2.05) is 0 Å². The summed E-state index contributed by atoms with van der Waals surface area (Å²) in [6.07, 6.45) is 2.73. The molecule has 0 aromatic carbocycles. The fourth-order valence-corrected chi connectivity index (χ4v) is 1.01. The second kappa shape index (κ2) is 4.88. The molecule has 0 aliphatic carbocycles. The fourth-order valence-electron chi connectivity index (χ4n) is 0.570. The Balaban J connectivity index is 2.83. The van der Waals surface area contributed by atoms with Crippen molar-refractivity contribution in [1.29, 1.82) is 0 Å². The molecule has 0 aromatic rings. The van der Waals surface area contributed by atoms with E-state index in [1.165, 1.54) is 17.3 Å². The topological polar surface area (TPSA) is 0 Å². The van der Waals surface area contributed by atoms with Crippen molar-refractivity contribution in [2.75, 3.05) is 4.43 Å². The van der Waals surface area contributed by atoms with Gasteiger partial charge in [-0.2, -0.15) is 0 Å². The van der Waals surface area contributed by atoms with Crippen molar-refractivity contribution in [3.05, 3.63) is 0 Å². The lowest BCUT2D eigenvalue weighted by molar-refractivity contribution is 0.592. The number of hydrogen-bond acceptors (Lipinski definition) is 0. The van der Waals surface area contributed by atoms with Crippen molar-refractivity contribution in [3.8, 4) is 0 Å². The summed E-state index contributed by atoms with van der Waals surface area (Å²) in [6, 6.07) is 0. The first-order valence-electron chi connectivity index (χ1n) is 2.87. The molecule has 1 atom stereocenters. The van der Waals surface area contributed by atoms with E-state index in [0.717, 1.165) is 5.92 Å². The van der Waals surface area contributed by atoms with Gasteiger partial charge in [0.1, 0.15) is 0 Å². The molecule has 44 valence electrons. The van der Waals surface area contributed by atoms with Gasteiger partial charge in [0.2, 0.25) is 0 Å². The van der Waals surface area contributed by atoms with Crippen LogP contribution in [0.25, 0.3) is 0 Å². The van der Waals surface area contributed by atoms with Gasteiger partial charge in [-0.05, 0) is 5.92 Å². The standard InChI is InChI=1S/C6H13I/c1-3-4-6(2)5-7/h6H,3-5H2,1-2H3. The summed E-state index contributed by atoms with van der Waals surface area (Å²) >= 11 is 2.44. The Morgan fingerprint density at radius 1 is 1.57 bits per heavy atom. The summed E-state index contributed by atoms with van der Waals surface area (Å²) in [6.45, 7) is 4.54. The molecule has 0 N–H and O–H groups in total. The Bertz CT molecular complexity index is 35.2. The molecule has 0 rings (SSSR count). The molecule has 0 amide bonds. The molecule has 0 aromatic heterocycles. The van der Waals surface area contributed by atoms with Crippen LogP contribution in [0.5, 0.6) is 0 Å². The summed E-state index contributed by atoms with van der Waals surface area (Å²) in [5, 5.41) is 0. The zero-order valence-electron chi connectivity index (χ0n) is 5.08. The molecule has 0 nitrogen and oxygen atoms in total. The highest BCUT2D eigenvalue weighted by molar-refractivity contribution is 14.1. The van der Waals surface area contributed by atoms with Crippen molar-refractivity contribution in [2.24, 2.45) is 5.92 Å². The van der Waals surface area contributed by atoms with Gasteiger partial charge >= 0.3 is 0 Å². The van der Waals surface area contributed by atoms with E-state index >= 15 is 0 Å². The lowest BCUT2D eigenvalue weighted by Gasteiger charge is -2.01. The van der Waals surface area contributed by atoms with E-state index in [-0.39, 0.29) is 0 Å². The Morgan fingerprint density at radius 2 is 2.14 bits per heavy atom. The minimum Gasteiger partial charge on any atom is -0.0861 e. The third kappa shape index (κ3) is 4.59. The molecule has 0 aliphatic rings. The van der Waals surface area contributed by atoms with Crippen molar-refractivity contribution in [2.45, 2.75) is 26.7 Å². The normalized spacial score (nSPS) is 14.1. The van der Waals surface area contributed by atoms with Crippen LogP contribution < -0.4 is 0 Å².